The van der Waals surface area contributed by atoms with Crippen LogP contribution in [0.4, 0.5) is 0 Å². The zero-order valence-electron chi connectivity index (χ0n) is 13.2. The molecule has 0 spiro atoms. The maximum absolute atomic E-state index is 11.8. The van der Waals surface area contributed by atoms with E-state index in [0.29, 0.717) is 19.7 Å². The average Bonchev–Trinajstić information content (AvgIpc) is 2.56. The molecule has 0 aliphatic carbocycles. The first-order chi connectivity index (χ1) is 10.8. The van der Waals surface area contributed by atoms with E-state index >= 15 is 0 Å². The molecule has 5 nitrogen and oxygen atoms in total. The number of rotatable bonds is 9. The van der Waals surface area contributed by atoms with Crippen molar-refractivity contribution in [1.29, 1.82) is 0 Å². The summed E-state index contributed by atoms with van der Waals surface area (Å²) in [6, 6.07) is 13.8. The SMILES string of the molecule is COCCNCCNC(=O)COc1cccc2ccccc12.Cl. The lowest BCUT2D eigenvalue weighted by molar-refractivity contribution is -0.123. The number of hydrogen-bond acceptors (Lipinski definition) is 4. The van der Waals surface area contributed by atoms with Crippen molar-refractivity contribution in [2.45, 2.75) is 0 Å². The molecule has 2 N–H and O–H groups in total. The van der Waals surface area contributed by atoms with Gasteiger partial charge < -0.3 is 20.1 Å². The minimum absolute atomic E-state index is 0. The number of nitrogens with one attached hydrogen (secondary N) is 2. The van der Waals surface area contributed by atoms with Gasteiger partial charge in [-0.15, -0.1) is 12.4 Å². The third kappa shape index (κ3) is 6.44. The quantitative estimate of drug-likeness (QED) is 0.687. The van der Waals surface area contributed by atoms with Crippen LogP contribution in [-0.2, 0) is 9.53 Å². The number of halogens is 1. The van der Waals surface area contributed by atoms with Gasteiger partial charge in [0.25, 0.3) is 5.91 Å². The van der Waals surface area contributed by atoms with Crippen molar-refractivity contribution in [3.63, 3.8) is 0 Å². The number of fused-ring (bicyclic) bond motifs is 1. The molecule has 0 heterocycles. The minimum atomic E-state index is -0.124. The van der Waals surface area contributed by atoms with Crippen LogP contribution in [0.3, 0.4) is 0 Å². The molecule has 0 atom stereocenters. The molecule has 1 amide bonds. The van der Waals surface area contributed by atoms with Crippen LogP contribution in [0.1, 0.15) is 0 Å². The van der Waals surface area contributed by atoms with Crippen molar-refractivity contribution in [3.05, 3.63) is 42.5 Å². The number of ether oxygens (including phenoxy) is 2. The van der Waals surface area contributed by atoms with E-state index in [9.17, 15) is 4.79 Å². The maximum atomic E-state index is 11.8. The standard InChI is InChI=1S/C17H22N2O3.ClH/c1-21-12-11-18-9-10-19-17(20)13-22-16-8-4-6-14-5-2-3-7-15(14)16;/h2-8,18H,9-13H2,1H3,(H,19,20);1H. The second kappa shape index (κ2) is 10.8. The highest BCUT2D eigenvalue weighted by atomic mass is 35.5. The molecule has 2 rings (SSSR count). The fraction of sp³-hybridized carbons (Fsp3) is 0.353. The predicted molar refractivity (Wildman–Crippen MR) is 94.4 cm³/mol. The van der Waals surface area contributed by atoms with Crippen LogP contribution in [0.2, 0.25) is 0 Å². The Labute approximate surface area is 142 Å². The Bertz CT molecular complexity index is 602. The van der Waals surface area contributed by atoms with Gasteiger partial charge in [-0.3, -0.25) is 4.79 Å². The second-order valence-corrected chi connectivity index (χ2v) is 4.86. The molecule has 0 unspecified atom stereocenters. The normalized spacial score (nSPS) is 10.1. The third-order valence-electron chi connectivity index (χ3n) is 3.22. The van der Waals surface area contributed by atoms with E-state index in [1.165, 1.54) is 0 Å². The molecule has 126 valence electrons. The third-order valence-corrected chi connectivity index (χ3v) is 3.22. The monoisotopic (exact) mass is 338 g/mol. The van der Waals surface area contributed by atoms with E-state index in [0.717, 1.165) is 23.1 Å². The van der Waals surface area contributed by atoms with Crippen molar-refractivity contribution < 1.29 is 14.3 Å². The van der Waals surface area contributed by atoms with E-state index in [2.05, 4.69) is 10.6 Å². The van der Waals surface area contributed by atoms with Gasteiger partial charge in [-0.25, -0.2) is 0 Å². The van der Waals surface area contributed by atoms with E-state index in [1.54, 1.807) is 7.11 Å². The second-order valence-electron chi connectivity index (χ2n) is 4.86. The smallest absolute Gasteiger partial charge is 0.257 e. The molecule has 2 aromatic rings. The topological polar surface area (TPSA) is 59.6 Å². The van der Waals surface area contributed by atoms with Gasteiger partial charge in [0.15, 0.2) is 6.61 Å². The zero-order valence-corrected chi connectivity index (χ0v) is 14.0. The molecule has 0 aliphatic heterocycles. The summed E-state index contributed by atoms with van der Waals surface area (Å²) < 4.78 is 10.5. The Morgan fingerprint density at radius 3 is 2.65 bits per heavy atom. The molecular weight excluding hydrogens is 316 g/mol. The van der Waals surface area contributed by atoms with E-state index in [4.69, 9.17) is 9.47 Å². The molecule has 0 saturated carbocycles. The van der Waals surface area contributed by atoms with Crippen molar-refractivity contribution in [2.24, 2.45) is 0 Å². The summed E-state index contributed by atoms with van der Waals surface area (Å²) in [5.74, 6) is 0.605. The van der Waals surface area contributed by atoms with E-state index in [1.807, 2.05) is 42.5 Å². The van der Waals surface area contributed by atoms with Gasteiger partial charge in [0, 0.05) is 32.1 Å². The molecule has 0 aromatic heterocycles. The molecule has 0 fully saturated rings. The van der Waals surface area contributed by atoms with Crippen molar-refractivity contribution in [3.8, 4) is 5.75 Å². The number of benzene rings is 2. The van der Waals surface area contributed by atoms with Crippen LogP contribution in [0.25, 0.3) is 10.8 Å². The van der Waals surface area contributed by atoms with Gasteiger partial charge in [-0.2, -0.15) is 0 Å². The first-order valence-electron chi connectivity index (χ1n) is 7.38. The summed E-state index contributed by atoms with van der Waals surface area (Å²) in [5, 5.41) is 8.08. The molecule has 0 saturated heterocycles. The molecule has 0 bridgehead atoms. The summed E-state index contributed by atoms with van der Waals surface area (Å²) in [4.78, 5) is 11.8. The highest BCUT2D eigenvalue weighted by molar-refractivity contribution is 5.88. The Morgan fingerprint density at radius 1 is 1.04 bits per heavy atom. The lowest BCUT2D eigenvalue weighted by Crippen LogP contribution is -2.35. The molecule has 23 heavy (non-hydrogen) atoms. The number of carbonyl (C=O) groups excluding carboxylic acids is 1. The highest BCUT2D eigenvalue weighted by Crippen LogP contribution is 2.24. The van der Waals surface area contributed by atoms with Gasteiger partial charge in [-0.05, 0) is 11.5 Å². The van der Waals surface area contributed by atoms with Gasteiger partial charge in [0.05, 0.1) is 6.61 Å². The van der Waals surface area contributed by atoms with Gasteiger partial charge in [-0.1, -0.05) is 36.4 Å². The summed E-state index contributed by atoms with van der Waals surface area (Å²) in [5.41, 5.74) is 0. The fourth-order valence-corrected chi connectivity index (χ4v) is 2.11. The fourth-order valence-electron chi connectivity index (χ4n) is 2.11. The van der Waals surface area contributed by atoms with Crippen molar-refractivity contribution in [2.75, 3.05) is 40.0 Å². The number of amides is 1. The van der Waals surface area contributed by atoms with E-state index < -0.39 is 0 Å². The minimum Gasteiger partial charge on any atom is -0.483 e. The lowest BCUT2D eigenvalue weighted by Gasteiger charge is -2.10. The van der Waals surface area contributed by atoms with Crippen LogP contribution < -0.4 is 15.4 Å². The van der Waals surface area contributed by atoms with Crippen molar-refractivity contribution in [1.82, 2.24) is 10.6 Å². The molecule has 2 aromatic carbocycles. The average molecular weight is 339 g/mol. The Hall–Kier alpha value is -1.82. The predicted octanol–water partition coefficient (Wildman–Crippen LogP) is 1.99. The lowest BCUT2D eigenvalue weighted by atomic mass is 10.1. The van der Waals surface area contributed by atoms with E-state index in [-0.39, 0.29) is 24.9 Å². The summed E-state index contributed by atoms with van der Waals surface area (Å²) in [7, 11) is 1.66. The van der Waals surface area contributed by atoms with Gasteiger partial charge in [0.2, 0.25) is 0 Å². The van der Waals surface area contributed by atoms with Gasteiger partial charge >= 0.3 is 0 Å². The van der Waals surface area contributed by atoms with Crippen LogP contribution in [0.5, 0.6) is 5.75 Å². The number of methoxy groups -OCH3 is 1. The molecule has 6 heteroatoms. The zero-order chi connectivity index (χ0) is 15.6. The van der Waals surface area contributed by atoms with Crippen LogP contribution >= 0.6 is 12.4 Å². The molecular formula is C17H23ClN2O3. The number of hydrogen-bond donors (Lipinski definition) is 2. The summed E-state index contributed by atoms with van der Waals surface area (Å²) >= 11 is 0. The maximum Gasteiger partial charge on any atom is 0.257 e. The Morgan fingerprint density at radius 2 is 1.83 bits per heavy atom. The first kappa shape index (κ1) is 19.2. The summed E-state index contributed by atoms with van der Waals surface area (Å²) in [6.07, 6.45) is 0. The molecule has 0 aliphatic rings. The largest absolute Gasteiger partial charge is 0.483 e. The highest BCUT2D eigenvalue weighted by Gasteiger charge is 2.05. The van der Waals surface area contributed by atoms with Crippen LogP contribution in [0, 0.1) is 0 Å². The Balaban J connectivity index is 0.00000264. The number of carbonyl (C=O) groups is 1. The van der Waals surface area contributed by atoms with Gasteiger partial charge in [0.1, 0.15) is 5.75 Å². The Kier molecular flexibility index (Phi) is 9.05. The molecule has 0 radical (unpaired) electrons. The van der Waals surface area contributed by atoms with Crippen LogP contribution in [0.15, 0.2) is 42.5 Å². The van der Waals surface area contributed by atoms with Crippen molar-refractivity contribution >= 4 is 29.1 Å². The summed E-state index contributed by atoms with van der Waals surface area (Å²) in [6.45, 7) is 2.74. The first-order valence-corrected chi connectivity index (χ1v) is 7.38. The van der Waals surface area contributed by atoms with Crippen LogP contribution in [-0.4, -0.2) is 45.9 Å².